The standard InChI is InChI=1S/C23H28N4O/c1-17(16-27-9-5-2-6-10-27)11-23(28)26-20-13-22(25-15-20)19-12-18-7-3-4-8-21(18)24-14-19/h3-4,7-8,12-14,17H,2,5-6,9-11,15-16H2,1H3,(H,26,28). The Morgan fingerprint density at radius 1 is 1.21 bits per heavy atom. The minimum absolute atomic E-state index is 0.0869. The smallest absolute Gasteiger partial charge is 0.224 e. The third-order valence-corrected chi connectivity index (χ3v) is 5.47. The van der Waals surface area contributed by atoms with Crippen LogP contribution in [0.25, 0.3) is 10.9 Å². The number of para-hydroxylation sites is 1. The summed E-state index contributed by atoms with van der Waals surface area (Å²) in [6.07, 6.45) is 8.29. The van der Waals surface area contributed by atoms with Crippen molar-refractivity contribution in [1.29, 1.82) is 0 Å². The average molecular weight is 377 g/mol. The molecule has 1 N–H and O–H groups in total. The molecule has 1 saturated heterocycles. The van der Waals surface area contributed by atoms with Crippen LogP contribution in [-0.2, 0) is 4.79 Å². The lowest BCUT2D eigenvalue weighted by molar-refractivity contribution is -0.121. The lowest BCUT2D eigenvalue weighted by atomic mass is 10.0. The number of allylic oxidation sites excluding steroid dienone is 1. The summed E-state index contributed by atoms with van der Waals surface area (Å²) in [4.78, 5) is 24.0. The van der Waals surface area contributed by atoms with E-state index >= 15 is 0 Å². The van der Waals surface area contributed by atoms with Gasteiger partial charge in [-0.2, -0.15) is 0 Å². The molecule has 1 amide bonds. The molecular weight excluding hydrogens is 348 g/mol. The fraction of sp³-hybridized carbons (Fsp3) is 0.435. The molecule has 3 heterocycles. The normalized spacial score (nSPS) is 18.6. The third kappa shape index (κ3) is 4.65. The summed E-state index contributed by atoms with van der Waals surface area (Å²) in [5.74, 6) is 0.453. The highest BCUT2D eigenvalue weighted by molar-refractivity contribution is 6.11. The van der Waals surface area contributed by atoms with Crippen molar-refractivity contribution in [3.63, 3.8) is 0 Å². The van der Waals surface area contributed by atoms with Gasteiger partial charge in [-0.1, -0.05) is 31.5 Å². The van der Waals surface area contributed by atoms with Gasteiger partial charge in [-0.05, 0) is 50.1 Å². The molecule has 2 aromatic rings. The lowest BCUT2D eigenvalue weighted by Crippen LogP contribution is -2.35. The number of aromatic nitrogens is 1. The molecule has 1 aromatic carbocycles. The second-order valence-electron chi connectivity index (χ2n) is 8.01. The molecule has 2 aliphatic heterocycles. The summed E-state index contributed by atoms with van der Waals surface area (Å²) >= 11 is 0. The number of nitrogens with one attached hydrogen (secondary N) is 1. The van der Waals surface area contributed by atoms with Crippen LogP contribution in [0, 0.1) is 5.92 Å². The van der Waals surface area contributed by atoms with Crippen LogP contribution >= 0.6 is 0 Å². The van der Waals surface area contributed by atoms with Gasteiger partial charge in [-0.25, -0.2) is 0 Å². The summed E-state index contributed by atoms with van der Waals surface area (Å²) in [6, 6.07) is 10.2. The van der Waals surface area contributed by atoms with Gasteiger partial charge in [-0.15, -0.1) is 0 Å². The number of likely N-dealkylation sites (tertiary alicyclic amines) is 1. The van der Waals surface area contributed by atoms with Crippen LogP contribution in [0.2, 0.25) is 0 Å². The van der Waals surface area contributed by atoms with Gasteiger partial charge in [-0.3, -0.25) is 14.8 Å². The first-order chi connectivity index (χ1) is 13.7. The van der Waals surface area contributed by atoms with Crippen LogP contribution in [0.1, 0.15) is 38.2 Å². The van der Waals surface area contributed by atoms with Crippen LogP contribution < -0.4 is 5.32 Å². The van der Waals surface area contributed by atoms with Crippen molar-refractivity contribution in [2.75, 3.05) is 26.2 Å². The molecule has 4 rings (SSSR count). The van der Waals surface area contributed by atoms with Crippen LogP contribution in [0.5, 0.6) is 0 Å². The summed E-state index contributed by atoms with van der Waals surface area (Å²) < 4.78 is 0. The number of carbonyl (C=O) groups excluding carboxylic acids is 1. The summed E-state index contributed by atoms with van der Waals surface area (Å²) in [5, 5.41) is 4.15. The van der Waals surface area contributed by atoms with E-state index in [2.05, 4.69) is 39.2 Å². The van der Waals surface area contributed by atoms with Crippen LogP contribution in [-0.4, -0.2) is 47.7 Å². The average Bonchev–Trinajstić information content (AvgIpc) is 3.16. The first-order valence-corrected chi connectivity index (χ1v) is 10.3. The first kappa shape index (κ1) is 18.8. The maximum Gasteiger partial charge on any atom is 0.224 e. The second-order valence-corrected chi connectivity index (χ2v) is 8.01. The van der Waals surface area contributed by atoms with E-state index in [1.807, 2.05) is 30.5 Å². The number of amides is 1. The number of benzene rings is 1. The molecule has 0 bridgehead atoms. The minimum atomic E-state index is 0.0869. The molecule has 1 unspecified atom stereocenters. The van der Waals surface area contributed by atoms with Gasteiger partial charge in [0.25, 0.3) is 0 Å². The predicted octanol–water partition coefficient (Wildman–Crippen LogP) is 3.55. The quantitative estimate of drug-likeness (QED) is 0.839. The maximum absolute atomic E-state index is 12.4. The van der Waals surface area contributed by atoms with Crippen molar-refractivity contribution in [2.24, 2.45) is 10.9 Å². The van der Waals surface area contributed by atoms with E-state index in [9.17, 15) is 4.79 Å². The number of hydrogen-bond acceptors (Lipinski definition) is 4. The van der Waals surface area contributed by atoms with E-state index in [0.29, 0.717) is 18.9 Å². The Labute approximate surface area is 166 Å². The molecule has 5 nitrogen and oxygen atoms in total. The molecule has 0 spiro atoms. The highest BCUT2D eigenvalue weighted by atomic mass is 16.1. The Balaban J connectivity index is 1.32. The van der Waals surface area contributed by atoms with Gasteiger partial charge in [0.2, 0.25) is 5.91 Å². The highest BCUT2D eigenvalue weighted by Crippen LogP contribution is 2.17. The first-order valence-electron chi connectivity index (χ1n) is 10.3. The molecule has 5 heteroatoms. The number of carbonyl (C=O) groups is 1. The summed E-state index contributed by atoms with van der Waals surface area (Å²) in [6.45, 7) is 6.05. The van der Waals surface area contributed by atoms with Crippen molar-refractivity contribution < 1.29 is 4.79 Å². The SMILES string of the molecule is CC(CC(=O)NC1=CC(c2cnc3ccccc3c2)=NC1)CN1CCCCC1. The topological polar surface area (TPSA) is 57.6 Å². The Morgan fingerprint density at radius 3 is 2.89 bits per heavy atom. The van der Waals surface area contributed by atoms with Crippen LogP contribution in [0.4, 0.5) is 0 Å². The van der Waals surface area contributed by atoms with Crippen molar-refractivity contribution in [3.05, 3.63) is 53.9 Å². The van der Waals surface area contributed by atoms with E-state index in [1.54, 1.807) is 0 Å². The molecular formula is C23H28N4O. The van der Waals surface area contributed by atoms with E-state index in [1.165, 1.54) is 32.4 Å². The lowest BCUT2D eigenvalue weighted by Gasteiger charge is -2.28. The van der Waals surface area contributed by atoms with Crippen molar-refractivity contribution in [3.8, 4) is 0 Å². The van der Waals surface area contributed by atoms with Gasteiger partial charge in [0.15, 0.2) is 0 Å². The minimum Gasteiger partial charge on any atom is -0.328 e. The Hall–Kier alpha value is -2.53. The van der Waals surface area contributed by atoms with Crippen molar-refractivity contribution in [2.45, 2.75) is 32.6 Å². The monoisotopic (exact) mass is 376 g/mol. The van der Waals surface area contributed by atoms with Gasteiger partial charge < -0.3 is 10.2 Å². The molecule has 1 aromatic heterocycles. The van der Waals surface area contributed by atoms with E-state index in [4.69, 9.17) is 0 Å². The summed E-state index contributed by atoms with van der Waals surface area (Å²) in [5.41, 5.74) is 3.72. The van der Waals surface area contributed by atoms with Gasteiger partial charge in [0.1, 0.15) is 0 Å². The van der Waals surface area contributed by atoms with E-state index in [0.717, 1.165) is 34.4 Å². The molecule has 28 heavy (non-hydrogen) atoms. The number of fused-ring (bicyclic) bond motifs is 1. The van der Waals surface area contributed by atoms with Crippen LogP contribution in [0.3, 0.4) is 0 Å². The maximum atomic E-state index is 12.4. The zero-order valence-electron chi connectivity index (χ0n) is 16.5. The molecule has 1 atom stereocenters. The van der Waals surface area contributed by atoms with Crippen molar-refractivity contribution in [1.82, 2.24) is 15.2 Å². The largest absolute Gasteiger partial charge is 0.328 e. The fourth-order valence-electron chi connectivity index (χ4n) is 4.08. The molecule has 2 aliphatic rings. The fourth-order valence-corrected chi connectivity index (χ4v) is 4.08. The molecule has 0 radical (unpaired) electrons. The summed E-state index contributed by atoms with van der Waals surface area (Å²) in [7, 11) is 0. The number of pyridine rings is 1. The number of hydrogen-bond donors (Lipinski definition) is 1. The van der Waals surface area contributed by atoms with E-state index < -0.39 is 0 Å². The zero-order chi connectivity index (χ0) is 19.3. The van der Waals surface area contributed by atoms with Crippen molar-refractivity contribution >= 4 is 22.5 Å². The molecule has 0 saturated carbocycles. The number of nitrogens with zero attached hydrogens (tertiary/aromatic N) is 3. The Morgan fingerprint density at radius 2 is 2.04 bits per heavy atom. The Kier molecular flexibility index (Phi) is 5.81. The molecule has 146 valence electrons. The van der Waals surface area contributed by atoms with Crippen LogP contribution in [0.15, 0.2) is 53.3 Å². The van der Waals surface area contributed by atoms with E-state index in [-0.39, 0.29) is 5.91 Å². The zero-order valence-corrected chi connectivity index (χ0v) is 16.5. The van der Waals surface area contributed by atoms with Gasteiger partial charge >= 0.3 is 0 Å². The Bertz CT molecular complexity index is 912. The third-order valence-electron chi connectivity index (χ3n) is 5.47. The number of rotatable bonds is 6. The molecule has 1 fully saturated rings. The number of piperidine rings is 1. The highest BCUT2D eigenvalue weighted by Gasteiger charge is 2.18. The predicted molar refractivity (Wildman–Crippen MR) is 113 cm³/mol. The molecule has 0 aliphatic carbocycles. The van der Waals surface area contributed by atoms with Gasteiger partial charge in [0, 0.05) is 35.8 Å². The second kappa shape index (κ2) is 8.65. The number of aliphatic imine (C=N–C) groups is 1. The van der Waals surface area contributed by atoms with Gasteiger partial charge in [0.05, 0.1) is 17.8 Å².